The number of rotatable bonds is 7. The van der Waals surface area contributed by atoms with E-state index in [9.17, 15) is 14.7 Å². The summed E-state index contributed by atoms with van der Waals surface area (Å²) in [6, 6.07) is -0.517. The Labute approximate surface area is 134 Å². The molecule has 3 N–H and O–H groups in total. The molecule has 0 spiro atoms. The summed E-state index contributed by atoms with van der Waals surface area (Å²) in [6.07, 6.45) is 5.51. The van der Waals surface area contributed by atoms with E-state index < -0.39 is 12.1 Å². The lowest BCUT2D eigenvalue weighted by atomic mass is 9.87. The van der Waals surface area contributed by atoms with Crippen LogP contribution in [0, 0.1) is 11.3 Å². The molecule has 0 aromatic heterocycles. The molecule has 0 aromatic rings. The minimum absolute atomic E-state index is 0.00518. The number of nitrogens with one attached hydrogen (secondary N) is 2. The van der Waals surface area contributed by atoms with E-state index >= 15 is 0 Å². The van der Waals surface area contributed by atoms with Gasteiger partial charge in [-0.2, -0.15) is 0 Å². The fraction of sp³-hybridized carbons (Fsp3) is 0.882. The second kappa shape index (κ2) is 8.51. The van der Waals surface area contributed by atoms with Crippen molar-refractivity contribution in [2.75, 3.05) is 6.54 Å². The molecule has 2 amide bonds. The van der Waals surface area contributed by atoms with Crippen LogP contribution >= 0.6 is 0 Å². The van der Waals surface area contributed by atoms with Crippen molar-refractivity contribution in [1.29, 1.82) is 0 Å². The molecule has 5 nitrogen and oxygen atoms in total. The smallest absolute Gasteiger partial charge is 0.242 e. The highest BCUT2D eigenvalue weighted by Gasteiger charge is 2.26. The van der Waals surface area contributed by atoms with Crippen molar-refractivity contribution in [2.45, 2.75) is 78.4 Å². The lowest BCUT2D eigenvalue weighted by Gasteiger charge is -2.27. The molecule has 2 atom stereocenters. The summed E-state index contributed by atoms with van der Waals surface area (Å²) in [7, 11) is 0. The summed E-state index contributed by atoms with van der Waals surface area (Å²) < 4.78 is 0. The van der Waals surface area contributed by atoms with Crippen molar-refractivity contribution < 1.29 is 14.7 Å². The maximum Gasteiger partial charge on any atom is 0.242 e. The molecule has 128 valence electrons. The summed E-state index contributed by atoms with van der Waals surface area (Å²) >= 11 is 0. The van der Waals surface area contributed by atoms with Crippen LogP contribution in [0.25, 0.3) is 0 Å². The highest BCUT2D eigenvalue weighted by atomic mass is 16.3. The fourth-order valence-corrected chi connectivity index (χ4v) is 3.11. The minimum Gasteiger partial charge on any atom is -0.393 e. The standard InChI is InChI=1S/C17H32N2O3/c1-12(20)10-17(3,4)11-18-15(21)13(2)19-16(22)14-8-6-5-7-9-14/h12-14,20H,5-11H2,1-4H3,(H,18,21)(H,19,22)/t12-,13-/m0/s1. The Balaban J connectivity index is 2.36. The Morgan fingerprint density at radius 3 is 2.32 bits per heavy atom. The van der Waals surface area contributed by atoms with Crippen LogP contribution in [0.4, 0.5) is 0 Å². The van der Waals surface area contributed by atoms with Crippen LogP contribution in [0.1, 0.15) is 66.2 Å². The fourth-order valence-electron chi connectivity index (χ4n) is 3.11. The lowest BCUT2D eigenvalue weighted by molar-refractivity contribution is -0.131. The Kier molecular flexibility index (Phi) is 7.33. The molecule has 1 aliphatic rings. The van der Waals surface area contributed by atoms with Crippen LogP contribution in [0.3, 0.4) is 0 Å². The van der Waals surface area contributed by atoms with Gasteiger partial charge >= 0.3 is 0 Å². The summed E-state index contributed by atoms with van der Waals surface area (Å²) in [6.45, 7) is 7.96. The van der Waals surface area contributed by atoms with Gasteiger partial charge in [0.25, 0.3) is 0 Å². The molecule has 0 unspecified atom stereocenters. The van der Waals surface area contributed by atoms with E-state index in [2.05, 4.69) is 10.6 Å². The van der Waals surface area contributed by atoms with Gasteiger partial charge < -0.3 is 15.7 Å². The zero-order valence-electron chi connectivity index (χ0n) is 14.4. The van der Waals surface area contributed by atoms with Gasteiger partial charge in [-0.1, -0.05) is 33.1 Å². The van der Waals surface area contributed by atoms with E-state index in [1.54, 1.807) is 13.8 Å². The third-order valence-corrected chi connectivity index (χ3v) is 4.32. The Morgan fingerprint density at radius 2 is 1.77 bits per heavy atom. The Morgan fingerprint density at radius 1 is 1.18 bits per heavy atom. The van der Waals surface area contributed by atoms with Crippen LogP contribution in [-0.4, -0.2) is 35.6 Å². The van der Waals surface area contributed by atoms with E-state index in [0.717, 1.165) is 25.7 Å². The SMILES string of the molecule is C[C@H](O)CC(C)(C)CNC(=O)[C@H](C)NC(=O)C1CCCCC1. The van der Waals surface area contributed by atoms with Crippen LogP contribution in [0.2, 0.25) is 0 Å². The Hall–Kier alpha value is -1.10. The maximum atomic E-state index is 12.1. The molecular formula is C17H32N2O3. The minimum atomic E-state index is -0.517. The van der Waals surface area contributed by atoms with Gasteiger partial charge in [0.2, 0.25) is 11.8 Å². The summed E-state index contributed by atoms with van der Waals surface area (Å²) in [5.74, 6) is -0.0934. The Bertz CT molecular complexity index is 374. The molecule has 0 radical (unpaired) electrons. The zero-order valence-corrected chi connectivity index (χ0v) is 14.4. The summed E-state index contributed by atoms with van der Waals surface area (Å²) in [4.78, 5) is 24.2. The largest absolute Gasteiger partial charge is 0.393 e. The maximum absolute atomic E-state index is 12.1. The van der Waals surface area contributed by atoms with Crippen LogP contribution in [0.15, 0.2) is 0 Å². The molecule has 1 aliphatic carbocycles. The van der Waals surface area contributed by atoms with Gasteiger partial charge in [0.05, 0.1) is 6.10 Å². The van der Waals surface area contributed by atoms with Gasteiger partial charge in [0.15, 0.2) is 0 Å². The molecule has 5 heteroatoms. The van der Waals surface area contributed by atoms with Gasteiger partial charge in [-0.25, -0.2) is 0 Å². The number of hydrogen-bond donors (Lipinski definition) is 3. The number of aliphatic hydroxyl groups is 1. The van der Waals surface area contributed by atoms with Gasteiger partial charge in [0, 0.05) is 12.5 Å². The topological polar surface area (TPSA) is 78.4 Å². The molecule has 1 fully saturated rings. The number of amides is 2. The van der Waals surface area contributed by atoms with E-state index in [1.165, 1.54) is 6.42 Å². The zero-order chi connectivity index (χ0) is 16.8. The van der Waals surface area contributed by atoms with Crippen molar-refractivity contribution in [3.8, 4) is 0 Å². The number of hydrogen-bond acceptors (Lipinski definition) is 3. The van der Waals surface area contributed by atoms with Gasteiger partial charge in [-0.3, -0.25) is 9.59 Å². The molecule has 0 saturated heterocycles. The van der Waals surface area contributed by atoms with E-state index in [-0.39, 0.29) is 23.1 Å². The number of carbonyl (C=O) groups is 2. The molecule has 0 bridgehead atoms. The first-order chi connectivity index (χ1) is 10.2. The van der Waals surface area contributed by atoms with Crippen LogP contribution in [0.5, 0.6) is 0 Å². The first-order valence-electron chi connectivity index (χ1n) is 8.47. The third-order valence-electron chi connectivity index (χ3n) is 4.32. The quantitative estimate of drug-likeness (QED) is 0.672. The summed E-state index contributed by atoms with van der Waals surface area (Å²) in [5, 5.41) is 15.2. The monoisotopic (exact) mass is 312 g/mol. The third kappa shape index (κ3) is 6.77. The van der Waals surface area contributed by atoms with Crippen LogP contribution in [-0.2, 0) is 9.59 Å². The normalized spacial score (nSPS) is 19.3. The van der Waals surface area contributed by atoms with Crippen LogP contribution < -0.4 is 10.6 Å². The average Bonchev–Trinajstić information content (AvgIpc) is 2.44. The molecule has 0 aromatic carbocycles. The lowest BCUT2D eigenvalue weighted by Crippen LogP contribution is -2.48. The first kappa shape index (κ1) is 18.9. The summed E-state index contributed by atoms with van der Waals surface area (Å²) in [5.41, 5.74) is -0.170. The predicted molar refractivity (Wildman–Crippen MR) is 87.3 cm³/mol. The van der Waals surface area contributed by atoms with E-state index in [0.29, 0.717) is 13.0 Å². The van der Waals surface area contributed by atoms with Crippen molar-refractivity contribution >= 4 is 11.8 Å². The van der Waals surface area contributed by atoms with Gasteiger partial charge in [0.1, 0.15) is 6.04 Å². The molecule has 1 rings (SSSR count). The van der Waals surface area contributed by atoms with E-state index in [1.807, 2.05) is 13.8 Å². The first-order valence-corrected chi connectivity index (χ1v) is 8.47. The molecule has 0 heterocycles. The van der Waals surface area contributed by atoms with Gasteiger partial charge in [-0.15, -0.1) is 0 Å². The molecular weight excluding hydrogens is 280 g/mol. The average molecular weight is 312 g/mol. The van der Waals surface area contributed by atoms with Crippen molar-refractivity contribution in [2.24, 2.45) is 11.3 Å². The second-order valence-electron chi connectivity index (χ2n) is 7.50. The molecule has 22 heavy (non-hydrogen) atoms. The molecule has 1 saturated carbocycles. The highest BCUT2D eigenvalue weighted by Crippen LogP contribution is 2.24. The number of aliphatic hydroxyl groups excluding tert-OH is 1. The highest BCUT2D eigenvalue weighted by molar-refractivity contribution is 5.88. The van der Waals surface area contributed by atoms with Crippen molar-refractivity contribution in [1.82, 2.24) is 10.6 Å². The van der Waals surface area contributed by atoms with E-state index in [4.69, 9.17) is 0 Å². The predicted octanol–water partition coefficient (Wildman–Crippen LogP) is 1.98. The molecule has 0 aliphatic heterocycles. The van der Waals surface area contributed by atoms with Crippen molar-refractivity contribution in [3.63, 3.8) is 0 Å². The van der Waals surface area contributed by atoms with Crippen molar-refractivity contribution in [3.05, 3.63) is 0 Å². The van der Waals surface area contributed by atoms with Gasteiger partial charge in [-0.05, 0) is 38.5 Å². The number of carbonyl (C=O) groups excluding carboxylic acids is 2. The second-order valence-corrected chi connectivity index (χ2v) is 7.50.